The van der Waals surface area contributed by atoms with Gasteiger partial charge in [0.05, 0.1) is 18.8 Å². The molecule has 1 amide bonds. The van der Waals surface area contributed by atoms with Gasteiger partial charge < -0.3 is 15.5 Å². The lowest BCUT2D eigenvalue weighted by Gasteiger charge is -2.20. The fraction of sp³-hybridized carbons (Fsp3) is 0.820. The van der Waals surface area contributed by atoms with E-state index >= 15 is 0 Å². The predicted molar refractivity (Wildman–Crippen MR) is 290 cm³/mol. The molecule has 3 N–H and O–H groups in total. The Morgan fingerprint density at radius 1 is 0.385 bits per heavy atom. The quantitative estimate of drug-likeness (QED) is 0.0421. The lowest BCUT2D eigenvalue weighted by atomic mass is 10.0. The molecule has 65 heavy (non-hydrogen) atoms. The number of aliphatic hydroxyl groups excluding tert-OH is 2. The first-order chi connectivity index (χ1) is 32.2. The van der Waals surface area contributed by atoms with E-state index in [0.29, 0.717) is 6.42 Å². The van der Waals surface area contributed by atoms with Crippen LogP contribution in [0.15, 0.2) is 60.8 Å². The van der Waals surface area contributed by atoms with Gasteiger partial charge in [0.15, 0.2) is 0 Å². The maximum absolute atomic E-state index is 12.5. The van der Waals surface area contributed by atoms with Gasteiger partial charge in [-0.2, -0.15) is 0 Å². The smallest absolute Gasteiger partial charge is 0.220 e. The standard InChI is InChI=1S/C61H113NO3/c1-3-5-7-9-11-13-15-17-19-21-22-23-24-25-26-27-28-29-30-31-32-33-34-35-36-37-38-39-40-41-43-45-47-49-51-53-55-57-61(65)62-59(58-63)60(64)56-54-52-50-48-46-44-42-20-18-16-14-12-10-8-6-4-2/h5,7,11,13,17,19,22-23,54,56,59-60,63-64H,3-4,6,8-10,12,14-16,18,20-21,24-53,55,57-58H2,1-2H3,(H,62,65)/b7-5-,13-11-,19-17-,23-22-,56-54+. The summed E-state index contributed by atoms with van der Waals surface area (Å²) in [7, 11) is 0. The highest BCUT2D eigenvalue weighted by Gasteiger charge is 2.18. The van der Waals surface area contributed by atoms with Crippen LogP contribution in [0, 0.1) is 0 Å². The number of carbonyl (C=O) groups is 1. The second-order valence-electron chi connectivity index (χ2n) is 19.7. The van der Waals surface area contributed by atoms with Crippen LogP contribution in [0.5, 0.6) is 0 Å². The van der Waals surface area contributed by atoms with Crippen molar-refractivity contribution in [3.8, 4) is 0 Å². The van der Waals surface area contributed by atoms with Gasteiger partial charge in [0.1, 0.15) is 0 Å². The Morgan fingerprint density at radius 3 is 1.02 bits per heavy atom. The minimum absolute atomic E-state index is 0.0596. The Bertz CT molecular complexity index is 1070. The van der Waals surface area contributed by atoms with Gasteiger partial charge in [-0.15, -0.1) is 0 Å². The van der Waals surface area contributed by atoms with Crippen LogP contribution in [0.25, 0.3) is 0 Å². The summed E-state index contributed by atoms with van der Waals surface area (Å²) in [5.74, 6) is -0.0596. The Kier molecular flexibility index (Phi) is 54.8. The highest BCUT2D eigenvalue weighted by Crippen LogP contribution is 2.17. The molecular weight excluding hydrogens is 795 g/mol. The number of aliphatic hydroxyl groups is 2. The number of hydrogen-bond donors (Lipinski definition) is 3. The average molecular weight is 909 g/mol. The highest BCUT2D eigenvalue weighted by molar-refractivity contribution is 5.76. The molecule has 0 bridgehead atoms. The van der Waals surface area contributed by atoms with Gasteiger partial charge in [-0.3, -0.25) is 4.79 Å². The summed E-state index contributed by atoms with van der Waals surface area (Å²) in [6, 6.07) is -0.621. The van der Waals surface area contributed by atoms with Gasteiger partial charge in [0.25, 0.3) is 0 Å². The zero-order valence-corrected chi connectivity index (χ0v) is 43.8. The number of carbonyl (C=O) groups excluding carboxylic acids is 1. The summed E-state index contributed by atoms with van der Waals surface area (Å²) in [6.07, 6.45) is 79.7. The van der Waals surface area contributed by atoms with E-state index in [1.54, 1.807) is 6.08 Å². The SMILES string of the molecule is CC/C=C\C/C=C\C/C=C\C/C=C\CCCCCCCCCCCCCCCCCCCCCCCCCCC(=O)NC(CO)C(O)/C=C/CCCCCCCCCCCCCCCC. The Labute approximate surface area is 406 Å². The number of unbranched alkanes of at least 4 members (excludes halogenated alkanes) is 38. The van der Waals surface area contributed by atoms with Crippen LogP contribution in [-0.4, -0.2) is 34.9 Å². The summed E-state index contributed by atoms with van der Waals surface area (Å²) in [5, 5.41) is 23.1. The van der Waals surface area contributed by atoms with E-state index in [-0.39, 0.29) is 12.5 Å². The van der Waals surface area contributed by atoms with E-state index in [2.05, 4.69) is 67.8 Å². The van der Waals surface area contributed by atoms with Gasteiger partial charge in [0.2, 0.25) is 5.91 Å². The highest BCUT2D eigenvalue weighted by atomic mass is 16.3. The third-order valence-electron chi connectivity index (χ3n) is 13.3. The Balaban J connectivity index is 3.42. The Hall–Kier alpha value is -1.91. The monoisotopic (exact) mass is 908 g/mol. The summed E-state index contributed by atoms with van der Waals surface area (Å²) in [5.41, 5.74) is 0. The molecule has 0 saturated heterocycles. The number of rotatable bonds is 53. The molecule has 0 aliphatic heterocycles. The van der Waals surface area contributed by atoms with Crippen molar-refractivity contribution in [1.29, 1.82) is 0 Å². The first-order valence-corrected chi connectivity index (χ1v) is 29.0. The van der Waals surface area contributed by atoms with Crippen molar-refractivity contribution < 1.29 is 15.0 Å². The molecule has 0 aromatic rings. The molecule has 0 radical (unpaired) electrons. The lowest BCUT2D eigenvalue weighted by Crippen LogP contribution is -2.45. The third kappa shape index (κ3) is 52.9. The van der Waals surface area contributed by atoms with Crippen molar-refractivity contribution in [2.24, 2.45) is 0 Å². The number of amides is 1. The van der Waals surface area contributed by atoms with Crippen LogP contribution in [-0.2, 0) is 4.79 Å². The first-order valence-electron chi connectivity index (χ1n) is 29.0. The number of nitrogens with one attached hydrogen (secondary N) is 1. The number of hydrogen-bond acceptors (Lipinski definition) is 3. The maximum Gasteiger partial charge on any atom is 0.220 e. The summed E-state index contributed by atoms with van der Waals surface area (Å²) < 4.78 is 0. The van der Waals surface area contributed by atoms with Crippen LogP contribution < -0.4 is 5.32 Å². The van der Waals surface area contributed by atoms with Crippen LogP contribution in [0.4, 0.5) is 0 Å². The van der Waals surface area contributed by atoms with Crippen LogP contribution in [0.2, 0.25) is 0 Å². The zero-order valence-electron chi connectivity index (χ0n) is 43.8. The predicted octanol–water partition coefficient (Wildman–Crippen LogP) is 19.2. The van der Waals surface area contributed by atoms with Crippen molar-refractivity contribution >= 4 is 5.91 Å². The lowest BCUT2D eigenvalue weighted by molar-refractivity contribution is -0.123. The summed E-state index contributed by atoms with van der Waals surface area (Å²) in [6.45, 7) is 4.22. The van der Waals surface area contributed by atoms with E-state index in [0.717, 1.165) is 51.4 Å². The zero-order chi connectivity index (χ0) is 47.0. The molecule has 0 heterocycles. The minimum atomic E-state index is -0.838. The van der Waals surface area contributed by atoms with Crippen LogP contribution in [0.3, 0.4) is 0 Å². The van der Waals surface area contributed by atoms with Gasteiger partial charge >= 0.3 is 0 Å². The second kappa shape index (κ2) is 56.4. The molecular formula is C61H113NO3. The van der Waals surface area contributed by atoms with E-state index in [1.165, 1.54) is 231 Å². The van der Waals surface area contributed by atoms with Crippen molar-refractivity contribution in [2.45, 2.75) is 315 Å². The van der Waals surface area contributed by atoms with E-state index in [1.807, 2.05) is 6.08 Å². The topological polar surface area (TPSA) is 69.6 Å². The molecule has 380 valence electrons. The van der Waals surface area contributed by atoms with Gasteiger partial charge in [0, 0.05) is 6.42 Å². The van der Waals surface area contributed by atoms with E-state index in [4.69, 9.17) is 0 Å². The molecule has 4 nitrogen and oxygen atoms in total. The van der Waals surface area contributed by atoms with Crippen molar-refractivity contribution in [3.05, 3.63) is 60.8 Å². The van der Waals surface area contributed by atoms with Crippen LogP contribution >= 0.6 is 0 Å². The molecule has 0 aliphatic rings. The van der Waals surface area contributed by atoms with Gasteiger partial charge in [-0.1, -0.05) is 299 Å². The first kappa shape index (κ1) is 63.1. The Morgan fingerprint density at radius 2 is 0.677 bits per heavy atom. The van der Waals surface area contributed by atoms with E-state index in [9.17, 15) is 15.0 Å². The average Bonchev–Trinajstić information content (AvgIpc) is 3.31. The molecule has 0 spiro atoms. The molecule has 0 rings (SSSR count). The fourth-order valence-corrected chi connectivity index (χ4v) is 8.88. The molecule has 2 unspecified atom stereocenters. The third-order valence-corrected chi connectivity index (χ3v) is 13.3. The van der Waals surface area contributed by atoms with Crippen molar-refractivity contribution in [3.63, 3.8) is 0 Å². The fourth-order valence-electron chi connectivity index (χ4n) is 8.88. The summed E-state index contributed by atoms with van der Waals surface area (Å²) in [4.78, 5) is 12.5. The molecule has 0 aromatic carbocycles. The normalized spacial score (nSPS) is 13.2. The molecule has 0 fully saturated rings. The molecule has 2 atom stereocenters. The van der Waals surface area contributed by atoms with Crippen LogP contribution in [0.1, 0.15) is 303 Å². The molecule has 0 aliphatic carbocycles. The second-order valence-corrected chi connectivity index (χ2v) is 19.7. The minimum Gasteiger partial charge on any atom is -0.394 e. The van der Waals surface area contributed by atoms with Gasteiger partial charge in [-0.05, 0) is 57.8 Å². The van der Waals surface area contributed by atoms with Gasteiger partial charge in [-0.25, -0.2) is 0 Å². The van der Waals surface area contributed by atoms with Crippen molar-refractivity contribution in [2.75, 3.05) is 6.61 Å². The molecule has 4 heteroatoms. The van der Waals surface area contributed by atoms with E-state index < -0.39 is 12.1 Å². The molecule has 0 aromatic heterocycles. The van der Waals surface area contributed by atoms with Crippen molar-refractivity contribution in [1.82, 2.24) is 5.32 Å². The molecule has 0 saturated carbocycles. The maximum atomic E-state index is 12.5. The number of allylic oxidation sites excluding steroid dienone is 9. The largest absolute Gasteiger partial charge is 0.394 e. The summed E-state index contributed by atoms with van der Waals surface area (Å²) >= 11 is 0.